The van der Waals surface area contributed by atoms with Crippen molar-refractivity contribution in [1.29, 1.82) is 0 Å². The molecule has 3 aromatic rings. The van der Waals surface area contributed by atoms with Gasteiger partial charge in [-0.1, -0.05) is 62.2 Å². The van der Waals surface area contributed by atoms with Gasteiger partial charge in [0, 0.05) is 5.02 Å². The monoisotopic (exact) mass is 503 g/mol. The molecule has 0 aliphatic heterocycles. The Bertz CT molecular complexity index is 1150. The summed E-state index contributed by atoms with van der Waals surface area (Å²) >= 11 is 6.05. The zero-order chi connectivity index (χ0) is 24.9. The third kappa shape index (κ3) is 5.39. The van der Waals surface area contributed by atoms with Crippen LogP contribution in [0.2, 0.25) is 5.02 Å². The lowest BCUT2D eigenvalue weighted by Gasteiger charge is -2.40. The maximum Gasteiger partial charge on any atom is 0.241 e. The minimum absolute atomic E-state index is 0.0279. The molecule has 2 N–H and O–H groups in total. The molecule has 2 atom stereocenters. The SMILES string of the molecule is CCC(C)C(NS(=O)(=O)c1cccc(Cl)c1)C(O)(c1ccc(OC)cc1)c1ccc(OC)cc1. The maximum atomic E-state index is 13.4. The van der Waals surface area contributed by atoms with E-state index in [0.717, 1.165) is 0 Å². The van der Waals surface area contributed by atoms with E-state index >= 15 is 0 Å². The highest BCUT2D eigenvalue weighted by Gasteiger charge is 2.45. The largest absolute Gasteiger partial charge is 0.497 e. The molecule has 2 unspecified atom stereocenters. The predicted octanol–water partition coefficient (Wildman–Crippen LogP) is 4.99. The molecule has 3 rings (SSSR count). The Morgan fingerprint density at radius 1 is 0.941 bits per heavy atom. The van der Waals surface area contributed by atoms with Crippen LogP contribution in [0.15, 0.2) is 77.7 Å². The van der Waals surface area contributed by atoms with E-state index in [-0.39, 0.29) is 10.8 Å². The number of sulfonamides is 1. The van der Waals surface area contributed by atoms with Gasteiger partial charge in [-0.3, -0.25) is 0 Å². The van der Waals surface area contributed by atoms with E-state index in [4.69, 9.17) is 21.1 Å². The average Bonchev–Trinajstić information content (AvgIpc) is 2.86. The van der Waals surface area contributed by atoms with Crippen molar-refractivity contribution >= 4 is 21.6 Å². The summed E-state index contributed by atoms with van der Waals surface area (Å²) < 4.78 is 40.1. The molecule has 0 aromatic heterocycles. The Morgan fingerprint density at radius 3 is 1.85 bits per heavy atom. The molecule has 0 fully saturated rings. The third-order valence-corrected chi connectivity index (χ3v) is 7.79. The Hall–Kier alpha value is -2.58. The predicted molar refractivity (Wildman–Crippen MR) is 134 cm³/mol. The summed E-state index contributed by atoms with van der Waals surface area (Å²) in [5.41, 5.74) is -0.644. The van der Waals surface area contributed by atoms with Gasteiger partial charge >= 0.3 is 0 Å². The van der Waals surface area contributed by atoms with Crippen LogP contribution in [0.3, 0.4) is 0 Å². The van der Waals surface area contributed by atoms with Crippen LogP contribution in [0.25, 0.3) is 0 Å². The van der Waals surface area contributed by atoms with Crippen LogP contribution in [-0.2, 0) is 15.6 Å². The zero-order valence-electron chi connectivity index (χ0n) is 19.7. The van der Waals surface area contributed by atoms with E-state index in [1.54, 1.807) is 74.9 Å². The van der Waals surface area contributed by atoms with Crippen LogP contribution in [0.4, 0.5) is 0 Å². The number of methoxy groups -OCH3 is 2. The van der Waals surface area contributed by atoms with E-state index in [2.05, 4.69) is 4.72 Å². The first kappa shape index (κ1) is 26.0. The minimum atomic E-state index is -4.01. The molecule has 0 heterocycles. The Kier molecular flexibility index (Phi) is 8.25. The maximum absolute atomic E-state index is 13.4. The highest BCUT2D eigenvalue weighted by atomic mass is 35.5. The smallest absolute Gasteiger partial charge is 0.241 e. The van der Waals surface area contributed by atoms with Crippen molar-refractivity contribution in [3.05, 3.63) is 88.9 Å². The molecule has 34 heavy (non-hydrogen) atoms. The summed E-state index contributed by atoms with van der Waals surface area (Å²) in [6, 6.07) is 19.1. The molecule has 0 bridgehead atoms. The standard InChI is InChI=1S/C26H30ClNO5S/c1-5-18(2)25(28-34(30,31)24-8-6-7-21(27)17-24)26(29,19-9-13-22(32-3)14-10-19)20-11-15-23(33-4)16-12-20/h6-18,25,28-29H,5H2,1-4H3. The molecular weight excluding hydrogens is 474 g/mol. The fourth-order valence-electron chi connectivity index (χ4n) is 3.93. The van der Waals surface area contributed by atoms with Crippen LogP contribution in [-0.4, -0.2) is 33.8 Å². The zero-order valence-corrected chi connectivity index (χ0v) is 21.2. The van der Waals surface area contributed by atoms with Gasteiger partial charge in [0.15, 0.2) is 0 Å². The number of benzene rings is 3. The van der Waals surface area contributed by atoms with Gasteiger partial charge in [-0.2, -0.15) is 0 Å². The van der Waals surface area contributed by atoms with Crippen molar-refractivity contribution < 1.29 is 23.0 Å². The summed E-state index contributed by atoms with van der Waals surface area (Å²) in [4.78, 5) is 0.0279. The van der Waals surface area contributed by atoms with Gasteiger partial charge in [0.05, 0.1) is 25.2 Å². The van der Waals surface area contributed by atoms with Crippen LogP contribution < -0.4 is 14.2 Å². The molecule has 0 amide bonds. The molecule has 0 radical (unpaired) electrons. The van der Waals surface area contributed by atoms with Crippen LogP contribution in [0.5, 0.6) is 11.5 Å². The van der Waals surface area contributed by atoms with Gasteiger partial charge in [0.25, 0.3) is 0 Å². The lowest BCUT2D eigenvalue weighted by Crippen LogP contribution is -2.54. The highest BCUT2D eigenvalue weighted by molar-refractivity contribution is 7.89. The van der Waals surface area contributed by atoms with Crippen molar-refractivity contribution in [1.82, 2.24) is 4.72 Å². The van der Waals surface area contributed by atoms with E-state index in [0.29, 0.717) is 34.1 Å². The number of hydrogen-bond acceptors (Lipinski definition) is 5. The fraction of sp³-hybridized carbons (Fsp3) is 0.308. The molecule has 0 aliphatic rings. The second-order valence-corrected chi connectivity index (χ2v) is 10.3. The number of nitrogens with one attached hydrogen (secondary N) is 1. The van der Waals surface area contributed by atoms with Crippen molar-refractivity contribution in [2.24, 2.45) is 5.92 Å². The van der Waals surface area contributed by atoms with Crippen molar-refractivity contribution in [3.63, 3.8) is 0 Å². The van der Waals surface area contributed by atoms with Gasteiger partial charge in [-0.15, -0.1) is 0 Å². The lowest BCUT2D eigenvalue weighted by molar-refractivity contribution is 0.0246. The summed E-state index contributed by atoms with van der Waals surface area (Å²) in [5.74, 6) is 1.02. The number of ether oxygens (including phenoxy) is 2. The third-order valence-electron chi connectivity index (χ3n) is 6.11. The molecule has 0 aliphatic carbocycles. The van der Waals surface area contributed by atoms with E-state index in [1.807, 2.05) is 13.8 Å². The van der Waals surface area contributed by atoms with Gasteiger partial charge in [-0.05, 0) is 59.5 Å². The average molecular weight is 504 g/mol. The van der Waals surface area contributed by atoms with Gasteiger partial charge in [0.1, 0.15) is 17.1 Å². The Balaban J connectivity index is 2.19. The van der Waals surface area contributed by atoms with E-state index in [9.17, 15) is 13.5 Å². The summed E-state index contributed by atoms with van der Waals surface area (Å²) in [7, 11) is -0.883. The van der Waals surface area contributed by atoms with Crippen LogP contribution in [0.1, 0.15) is 31.4 Å². The topological polar surface area (TPSA) is 84.9 Å². The first-order valence-corrected chi connectivity index (χ1v) is 12.8. The summed E-state index contributed by atoms with van der Waals surface area (Å²) in [6.45, 7) is 3.86. The second-order valence-electron chi connectivity index (χ2n) is 8.17. The molecule has 3 aromatic carbocycles. The Morgan fingerprint density at radius 2 is 1.44 bits per heavy atom. The lowest BCUT2D eigenvalue weighted by atomic mass is 9.75. The van der Waals surface area contributed by atoms with E-state index in [1.165, 1.54) is 12.1 Å². The quantitative estimate of drug-likeness (QED) is 0.407. The number of halogens is 1. The van der Waals surface area contributed by atoms with E-state index < -0.39 is 21.7 Å². The first-order chi connectivity index (χ1) is 16.1. The van der Waals surface area contributed by atoms with Crippen molar-refractivity contribution in [2.75, 3.05) is 14.2 Å². The normalized spacial score (nSPS) is 13.8. The molecule has 0 saturated carbocycles. The Labute approximate surface area is 206 Å². The van der Waals surface area contributed by atoms with Crippen LogP contribution >= 0.6 is 11.6 Å². The number of aliphatic hydroxyl groups is 1. The molecule has 8 heteroatoms. The first-order valence-electron chi connectivity index (χ1n) is 10.9. The molecular formula is C26H30ClNO5S. The summed E-state index contributed by atoms with van der Waals surface area (Å²) in [5, 5.41) is 12.7. The van der Waals surface area contributed by atoms with Crippen LogP contribution in [0, 0.1) is 5.92 Å². The van der Waals surface area contributed by atoms with Crippen molar-refractivity contribution in [2.45, 2.75) is 36.8 Å². The van der Waals surface area contributed by atoms with Gasteiger partial charge in [-0.25, -0.2) is 13.1 Å². The number of rotatable bonds is 10. The molecule has 0 spiro atoms. The molecule has 182 valence electrons. The number of hydrogen-bond donors (Lipinski definition) is 2. The molecule has 6 nitrogen and oxygen atoms in total. The second kappa shape index (κ2) is 10.8. The molecule has 0 saturated heterocycles. The van der Waals surface area contributed by atoms with Gasteiger partial charge < -0.3 is 14.6 Å². The van der Waals surface area contributed by atoms with Gasteiger partial charge in [0.2, 0.25) is 10.0 Å². The minimum Gasteiger partial charge on any atom is -0.497 e. The fourth-order valence-corrected chi connectivity index (χ4v) is 5.60. The highest BCUT2D eigenvalue weighted by Crippen LogP contribution is 2.39. The summed E-state index contributed by atoms with van der Waals surface area (Å²) in [6.07, 6.45) is 0.622. The van der Waals surface area contributed by atoms with Crippen molar-refractivity contribution in [3.8, 4) is 11.5 Å².